The second kappa shape index (κ2) is 19.2. The van der Waals surface area contributed by atoms with Crippen LogP contribution >= 0.6 is 0 Å². The predicted molar refractivity (Wildman–Crippen MR) is 131 cm³/mol. The number of rotatable bonds is 19. The molecule has 1 aromatic rings. The van der Waals surface area contributed by atoms with Crippen molar-refractivity contribution in [1.29, 1.82) is 0 Å². The van der Waals surface area contributed by atoms with Gasteiger partial charge in [-0.2, -0.15) is 0 Å². The number of unbranched alkanes of at least 4 members (excludes halogenated alkanes) is 15. The lowest BCUT2D eigenvalue weighted by Crippen LogP contribution is -3.00. The largest absolute Gasteiger partial charge is 1.00 e. The van der Waals surface area contributed by atoms with Gasteiger partial charge in [0.25, 0.3) is 0 Å². The van der Waals surface area contributed by atoms with Crippen LogP contribution in [0.5, 0.6) is 0 Å². The summed E-state index contributed by atoms with van der Waals surface area (Å²) in [4.78, 5) is 0. The van der Waals surface area contributed by atoms with Crippen LogP contribution in [0.1, 0.15) is 121 Å². The molecule has 0 aliphatic carbocycles. The summed E-state index contributed by atoms with van der Waals surface area (Å²) >= 11 is 0. The molecule has 0 aromatic heterocycles. The molecule has 30 heavy (non-hydrogen) atoms. The Kier molecular flexibility index (Phi) is 18.8. The first kappa shape index (κ1) is 29.5. The number of hydrogen-bond acceptors (Lipinski definition) is 0. The van der Waals surface area contributed by atoms with Crippen LogP contribution in [-0.4, -0.2) is 25.6 Å². The number of quaternary nitrogens is 1. The molecule has 1 rings (SSSR count). The van der Waals surface area contributed by atoms with E-state index in [-0.39, 0.29) is 12.4 Å². The van der Waals surface area contributed by atoms with E-state index in [1.165, 1.54) is 120 Å². The molecule has 0 spiro atoms. The van der Waals surface area contributed by atoms with Crippen molar-refractivity contribution in [1.82, 2.24) is 0 Å². The van der Waals surface area contributed by atoms with Crippen LogP contribution in [0, 0.1) is 0 Å². The van der Waals surface area contributed by atoms with Gasteiger partial charge in [-0.15, -0.1) is 0 Å². The van der Waals surface area contributed by atoms with E-state index in [0.717, 1.165) is 11.0 Å². The molecule has 0 unspecified atom stereocenters. The first-order chi connectivity index (χ1) is 14.0. The van der Waals surface area contributed by atoms with Crippen molar-refractivity contribution in [2.24, 2.45) is 0 Å². The fraction of sp³-hybridized carbons (Fsp3) is 0.786. The molecule has 0 fully saturated rings. The smallest absolute Gasteiger partial charge is 0.104 e. The predicted octanol–water partition coefficient (Wildman–Crippen LogP) is 5.70. The lowest BCUT2D eigenvalue weighted by Gasteiger charge is -2.23. The molecule has 0 aliphatic rings. The molecule has 1 aromatic carbocycles. The maximum absolute atomic E-state index is 2.34. The molecule has 0 saturated heterocycles. The summed E-state index contributed by atoms with van der Waals surface area (Å²) < 4.78 is 0.998. The highest BCUT2D eigenvalue weighted by molar-refractivity contribution is 5.22. The second-order valence-electron chi connectivity index (χ2n) is 10.3. The number of aryl methyl sites for hydroxylation is 1. The molecule has 1 nitrogen and oxygen atoms in total. The standard InChI is InChI=1S/C28H52N.ClH/c1-5-6-7-8-9-10-11-12-13-14-15-16-17-18-19-20-21-27-22-24-28(25-23-27)26-29(2,3)4;/h22-25H,5-21,26H2,1-4H3;1H/q+1;/p-1. The number of benzene rings is 1. The van der Waals surface area contributed by atoms with E-state index in [1.54, 1.807) is 0 Å². The average Bonchev–Trinajstić information content (AvgIpc) is 2.68. The van der Waals surface area contributed by atoms with Crippen LogP contribution in [0.4, 0.5) is 0 Å². The van der Waals surface area contributed by atoms with Gasteiger partial charge in [0, 0.05) is 5.56 Å². The molecule has 0 heterocycles. The number of halogens is 1. The lowest BCUT2D eigenvalue weighted by molar-refractivity contribution is -0.884. The highest BCUT2D eigenvalue weighted by Crippen LogP contribution is 2.15. The van der Waals surface area contributed by atoms with Crippen LogP contribution in [0.3, 0.4) is 0 Å². The van der Waals surface area contributed by atoms with E-state index in [9.17, 15) is 0 Å². The molecule has 176 valence electrons. The summed E-state index contributed by atoms with van der Waals surface area (Å²) in [6, 6.07) is 9.34. The summed E-state index contributed by atoms with van der Waals surface area (Å²) in [7, 11) is 6.76. The van der Waals surface area contributed by atoms with Gasteiger partial charge in [-0.05, 0) is 18.4 Å². The van der Waals surface area contributed by atoms with Gasteiger partial charge >= 0.3 is 0 Å². The van der Waals surface area contributed by atoms with Crippen molar-refractivity contribution in [2.45, 2.75) is 123 Å². The SMILES string of the molecule is CCCCCCCCCCCCCCCCCCc1ccc(C[N+](C)(C)C)cc1.[Cl-]. The summed E-state index contributed by atoms with van der Waals surface area (Å²) in [5, 5.41) is 0. The van der Waals surface area contributed by atoms with Crippen LogP contribution in [0.15, 0.2) is 24.3 Å². The summed E-state index contributed by atoms with van der Waals surface area (Å²) in [5.74, 6) is 0. The Morgan fingerprint density at radius 1 is 0.500 bits per heavy atom. The van der Waals surface area contributed by atoms with Crippen molar-refractivity contribution >= 4 is 0 Å². The second-order valence-corrected chi connectivity index (χ2v) is 10.3. The van der Waals surface area contributed by atoms with Crippen molar-refractivity contribution in [3.63, 3.8) is 0 Å². The van der Waals surface area contributed by atoms with E-state index in [4.69, 9.17) is 0 Å². The van der Waals surface area contributed by atoms with Gasteiger partial charge in [0.2, 0.25) is 0 Å². The molecule has 0 bridgehead atoms. The highest BCUT2D eigenvalue weighted by Gasteiger charge is 2.07. The van der Waals surface area contributed by atoms with Gasteiger partial charge in [-0.1, -0.05) is 128 Å². The Hall–Kier alpha value is -0.530. The van der Waals surface area contributed by atoms with Gasteiger partial charge in [0.05, 0.1) is 21.1 Å². The monoisotopic (exact) mass is 437 g/mol. The Morgan fingerprint density at radius 2 is 0.833 bits per heavy atom. The van der Waals surface area contributed by atoms with Gasteiger partial charge < -0.3 is 16.9 Å². The molecule has 0 radical (unpaired) electrons. The van der Waals surface area contributed by atoms with E-state index >= 15 is 0 Å². The molecule has 2 heteroatoms. The Morgan fingerprint density at radius 3 is 1.20 bits per heavy atom. The first-order valence-corrected chi connectivity index (χ1v) is 12.9. The zero-order valence-corrected chi connectivity index (χ0v) is 21.6. The first-order valence-electron chi connectivity index (χ1n) is 12.9. The maximum Gasteiger partial charge on any atom is 0.104 e. The Bertz CT molecular complexity index is 474. The minimum atomic E-state index is 0. The maximum atomic E-state index is 2.34. The number of hydrogen-bond donors (Lipinski definition) is 0. The lowest BCUT2D eigenvalue weighted by atomic mass is 10.0. The number of nitrogens with zero attached hydrogens (tertiary/aromatic N) is 1. The van der Waals surface area contributed by atoms with Crippen LogP contribution in [-0.2, 0) is 13.0 Å². The van der Waals surface area contributed by atoms with Crippen LogP contribution in [0.2, 0.25) is 0 Å². The zero-order valence-electron chi connectivity index (χ0n) is 20.9. The third-order valence-corrected chi connectivity index (χ3v) is 6.00. The van der Waals surface area contributed by atoms with Crippen LogP contribution < -0.4 is 12.4 Å². The summed E-state index contributed by atoms with van der Waals surface area (Å²) in [6.07, 6.45) is 24.4. The third-order valence-electron chi connectivity index (χ3n) is 6.00. The molecular formula is C28H52ClN. The zero-order chi connectivity index (χ0) is 21.2. The van der Waals surface area contributed by atoms with Crippen LogP contribution in [0.25, 0.3) is 0 Å². The van der Waals surface area contributed by atoms with Crippen molar-refractivity contribution in [2.75, 3.05) is 21.1 Å². The minimum absolute atomic E-state index is 0. The molecule has 0 N–H and O–H groups in total. The average molecular weight is 438 g/mol. The Balaban J connectivity index is 0.00000841. The van der Waals surface area contributed by atoms with E-state index in [2.05, 4.69) is 52.3 Å². The van der Waals surface area contributed by atoms with Gasteiger partial charge in [0.1, 0.15) is 6.54 Å². The third kappa shape index (κ3) is 18.3. The van der Waals surface area contributed by atoms with Crippen molar-refractivity contribution in [3.8, 4) is 0 Å². The molecule has 0 aliphatic heterocycles. The fourth-order valence-corrected chi connectivity index (χ4v) is 4.24. The Labute approximate surface area is 196 Å². The molecular weight excluding hydrogens is 386 g/mol. The molecule has 0 atom stereocenters. The summed E-state index contributed by atoms with van der Waals surface area (Å²) in [6.45, 7) is 3.41. The van der Waals surface area contributed by atoms with Gasteiger partial charge in [-0.3, -0.25) is 0 Å². The normalized spacial score (nSPS) is 11.5. The van der Waals surface area contributed by atoms with E-state index in [0.29, 0.717) is 0 Å². The van der Waals surface area contributed by atoms with E-state index in [1.807, 2.05) is 0 Å². The highest BCUT2D eigenvalue weighted by atomic mass is 35.5. The summed E-state index contributed by atoms with van der Waals surface area (Å²) in [5.41, 5.74) is 2.97. The van der Waals surface area contributed by atoms with E-state index < -0.39 is 0 Å². The topological polar surface area (TPSA) is 0 Å². The molecule has 0 saturated carbocycles. The van der Waals surface area contributed by atoms with Gasteiger partial charge in [-0.25, -0.2) is 0 Å². The van der Waals surface area contributed by atoms with Gasteiger partial charge in [0.15, 0.2) is 0 Å². The molecule has 0 amide bonds. The quantitative estimate of drug-likeness (QED) is 0.192. The van der Waals surface area contributed by atoms with Crippen molar-refractivity contribution < 1.29 is 16.9 Å². The fourth-order valence-electron chi connectivity index (χ4n) is 4.24. The van der Waals surface area contributed by atoms with Crippen molar-refractivity contribution in [3.05, 3.63) is 35.4 Å². The minimum Gasteiger partial charge on any atom is -1.00 e.